The van der Waals surface area contributed by atoms with Crippen LogP contribution in [0.25, 0.3) is 0 Å². The van der Waals surface area contributed by atoms with Crippen LogP contribution in [0.3, 0.4) is 0 Å². The Morgan fingerprint density at radius 3 is 2.38 bits per heavy atom. The highest BCUT2D eigenvalue weighted by Crippen LogP contribution is 2.26. The van der Waals surface area contributed by atoms with Gasteiger partial charge in [0.05, 0.1) is 0 Å². The van der Waals surface area contributed by atoms with Gasteiger partial charge >= 0.3 is 0 Å². The van der Waals surface area contributed by atoms with E-state index in [1.54, 1.807) is 15.1 Å². The highest BCUT2D eigenvalue weighted by Gasteiger charge is 2.35. The summed E-state index contributed by atoms with van der Waals surface area (Å²) in [6.07, 6.45) is 5.34. The molecule has 2 aliphatic heterocycles. The lowest BCUT2D eigenvalue weighted by Crippen LogP contribution is -2.52. The molecule has 148 valence electrons. The van der Waals surface area contributed by atoms with Crippen LogP contribution in [0.5, 0.6) is 0 Å². The van der Waals surface area contributed by atoms with E-state index in [9.17, 15) is 8.42 Å². The molecule has 0 spiro atoms. The van der Waals surface area contributed by atoms with Gasteiger partial charge in [-0.25, -0.2) is 13.4 Å². The summed E-state index contributed by atoms with van der Waals surface area (Å²) in [6.45, 7) is 5.98. The molecule has 1 aromatic rings. The van der Waals surface area contributed by atoms with Gasteiger partial charge in [0.1, 0.15) is 5.82 Å². The lowest BCUT2D eigenvalue weighted by atomic mass is 9.99. The molecule has 0 radical (unpaired) electrons. The van der Waals surface area contributed by atoms with E-state index in [0.717, 1.165) is 45.4 Å². The minimum Gasteiger partial charge on any atom is -0.381 e. The first-order valence-corrected chi connectivity index (χ1v) is 10.9. The van der Waals surface area contributed by atoms with Crippen molar-refractivity contribution >= 4 is 10.0 Å². The molecule has 3 heterocycles. The van der Waals surface area contributed by atoms with Crippen LogP contribution in [0.15, 0.2) is 11.2 Å². The van der Waals surface area contributed by atoms with Gasteiger partial charge < -0.3 is 15.0 Å². The molecule has 0 atom stereocenters. The van der Waals surface area contributed by atoms with Gasteiger partial charge in [0, 0.05) is 64.7 Å². The average Bonchev–Trinajstić information content (AvgIpc) is 3.00. The number of nitrogens with two attached hydrogens (primary N) is 1. The van der Waals surface area contributed by atoms with E-state index in [1.807, 2.05) is 14.0 Å². The lowest BCUT2D eigenvalue weighted by Gasteiger charge is -2.43. The molecule has 0 bridgehead atoms. The van der Waals surface area contributed by atoms with Crippen molar-refractivity contribution in [1.82, 2.24) is 18.8 Å². The Morgan fingerprint density at radius 1 is 1.23 bits per heavy atom. The summed E-state index contributed by atoms with van der Waals surface area (Å²) in [4.78, 5) is 6.70. The molecule has 0 saturated carbocycles. The summed E-state index contributed by atoms with van der Waals surface area (Å²) < 4.78 is 34.5. The van der Waals surface area contributed by atoms with Gasteiger partial charge in [0.15, 0.2) is 5.03 Å². The number of aryl methyl sites for hydroxylation is 2. The van der Waals surface area contributed by atoms with Crippen LogP contribution >= 0.6 is 0 Å². The number of piperidine rings is 1. The first-order chi connectivity index (χ1) is 12.4. The summed E-state index contributed by atoms with van der Waals surface area (Å²) in [5.41, 5.74) is 5.84. The Hall–Kier alpha value is -1.00. The van der Waals surface area contributed by atoms with Crippen molar-refractivity contribution in [2.75, 3.05) is 39.4 Å². The van der Waals surface area contributed by atoms with Crippen LogP contribution in [-0.2, 0) is 21.8 Å². The van der Waals surface area contributed by atoms with E-state index in [2.05, 4.69) is 9.88 Å². The second kappa shape index (κ2) is 8.35. The molecule has 2 N–H and O–H groups in total. The third kappa shape index (κ3) is 4.12. The standard InChI is InChI=1S/C17H31N5O3S/c1-14-19-17(13-20(14)2)26(23,24)21-8-3-15(4-9-21)22(10-7-18)16-5-11-25-12-6-16/h13,15-16H,3-12,18H2,1-2H3. The first kappa shape index (κ1) is 19.8. The fourth-order valence-electron chi connectivity index (χ4n) is 4.03. The Labute approximate surface area is 156 Å². The molecule has 8 nitrogen and oxygen atoms in total. The molecular formula is C17H31N5O3S. The Morgan fingerprint density at radius 2 is 1.85 bits per heavy atom. The van der Waals surface area contributed by atoms with Crippen molar-refractivity contribution in [2.45, 2.75) is 49.7 Å². The van der Waals surface area contributed by atoms with E-state index < -0.39 is 10.0 Å². The first-order valence-electron chi connectivity index (χ1n) is 9.47. The number of nitrogens with zero attached hydrogens (tertiary/aromatic N) is 4. The maximum absolute atomic E-state index is 12.9. The molecule has 1 aromatic heterocycles. The van der Waals surface area contributed by atoms with E-state index in [-0.39, 0.29) is 5.03 Å². The number of hydrogen-bond acceptors (Lipinski definition) is 6. The average molecular weight is 386 g/mol. The Balaban J connectivity index is 1.65. The predicted octanol–water partition coefficient (Wildman–Crippen LogP) is 0.321. The van der Waals surface area contributed by atoms with Crippen molar-refractivity contribution < 1.29 is 13.2 Å². The molecule has 26 heavy (non-hydrogen) atoms. The monoisotopic (exact) mass is 385 g/mol. The van der Waals surface area contributed by atoms with Crippen molar-refractivity contribution in [2.24, 2.45) is 12.8 Å². The number of hydrogen-bond donors (Lipinski definition) is 1. The van der Waals surface area contributed by atoms with E-state index >= 15 is 0 Å². The molecule has 0 amide bonds. The summed E-state index contributed by atoms with van der Waals surface area (Å²) in [5.74, 6) is 0.701. The minimum absolute atomic E-state index is 0.152. The molecule has 0 unspecified atom stereocenters. The predicted molar refractivity (Wildman–Crippen MR) is 99.3 cm³/mol. The van der Waals surface area contributed by atoms with Gasteiger partial charge in [-0.05, 0) is 32.6 Å². The van der Waals surface area contributed by atoms with Gasteiger partial charge in [0.2, 0.25) is 0 Å². The smallest absolute Gasteiger partial charge is 0.262 e. The SMILES string of the molecule is Cc1nc(S(=O)(=O)N2CCC(N(CCN)C3CCOCC3)CC2)cn1C. The zero-order valence-corrected chi connectivity index (χ0v) is 16.6. The minimum atomic E-state index is -3.51. The molecule has 9 heteroatoms. The Bertz CT molecular complexity index is 672. The van der Waals surface area contributed by atoms with Gasteiger partial charge in [-0.2, -0.15) is 4.31 Å². The van der Waals surface area contributed by atoms with Crippen molar-refractivity contribution in [3.63, 3.8) is 0 Å². The number of imidazole rings is 1. The highest BCUT2D eigenvalue weighted by atomic mass is 32.2. The van der Waals surface area contributed by atoms with E-state index in [4.69, 9.17) is 10.5 Å². The van der Waals surface area contributed by atoms with Crippen LogP contribution < -0.4 is 5.73 Å². The summed E-state index contributed by atoms with van der Waals surface area (Å²) in [6, 6.07) is 0.887. The number of rotatable bonds is 6. The van der Waals surface area contributed by atoms with Gasteiger partial charge in [-0.15, -0.1) is 0 Å². The third-order valence-electron chi connectivity index (χ3n) is 5.63. The molecule has 0 aliphatic carbocycles. The summed E-state index contributed by atoms with van der Waals surface area (Å²) in [7, 11) is -1.70. The van der Waals surface area contributed by atoms with Crippen LogP contribution in [0, 0.1) is 6.92 Å². The molecule has 2 aliphatic rings. The maximum atomic E-state index is 12.9. The van der Waals surface area contributed by atoms with Gasteiger partial charge in [-0.1, -0.05) is 0 Å². The summed E-state index contributed by atoms with van der Waals surface area (Å²) >= 11 is 0. The topological polar surface area (TPSA) is 93.7 Å². The third-order valence-corrected chi connectivity index (χ3v) is 7.40. The molecule has 3 rings (SSSR count). The van der Waals surface area contributed by atoms with Gasteiger partial charge in [-0.3, -0.25) is 4.90 Å². The van der Waals surface area contributed by atoms with Crippen molar-refractivity contribution in [1.29, 1.82) is 0 Å². The highest BCUT2D eigenvalue weighted by molar-refractivity contribution is 7.89. The molecule has 0 aromatic carbocycles. The second-order valence-corrected chi connectivity index (χ2v) is 9.13. The normalized spacial score (nSPS) is 21.5. The zero-order valence-electron chi connectivity index (χ0n) is 15.8. The van der Waals surface area contributed by atoms with Crippen LogP contribution in [-0.4, -0.2) is 78.7 Å². The quantitative estimate of drug-likeness (QED) is 0.758. The fourth-order valence-corrected chi connectivity index (χ4v) is 5.52. The van der Waals surface area contributed by atoms with Crippen LogP contribution in [0.1, 0.15) is 31.5 Å². The molecule has 2 saturated heterocycles. The Kier molecular flexibility index (Phi) is 6.34. The molecule has 2 fully saturated rings. The van der Waals surface area contributed by atoms with Crippen molar-refractivity contribution in [3.8, 4) is 0 Å². The molecular weight excluding hydrogens is 354 g/mol. The van der Waals surface area contributed by atoms with Crippen LogP contribution in [0.2, 0.25) is 0 Å². The van der Waals surface area contributed by atoms with E-state index in [0.29, 0.717) is 37.5 Å². The van der Waals surface area contributed by atoms with Crippen LogP contribution in [0.4, 0.5) is 0 Å². The van der Waals surface area contributed by atoms with E-state index in [1.165, 1.54) is 0 Å². The number of ether oxygens (including phenoxy) is 1. The number of aromatic nitrogens is 2. The second-order valence-electron chi connectivity index (χ2n) is 7.24. The number of sulfonamides is 1. The maximum Gasteiger partial charge on any atom is 0.262 e. The van der Waals surface area contributed by atoms with Gasteiger partial charge in [0.25, 0.3) is 10.0 Å². The largest absolute Gasteiger partial charge is 0.381 e. The zero-order chi connectivity index (χ0) is 18.7. The lowest BCUT2D eigenvalue weighted by molar-refractivity contribution is 0.00837. The fraction of sp³-hybridized carbons (Fsp3) is 0.824. The summed E-state index contributed by atoms with van der Waals surface area (Å²) in [5, 5.41) is 0.152. The van der Waals surface area contributed by atoms with Crippen molar-refractivity contribution in [3.05, 3.63) is 12.0 Å².